The van der Waals surface area contributed by atoms with Gasteiger partial charge in [-0.2, -0.15) is 0 Å². The summed E-state index contributed by atoms with van der Waals surface area (Å²) >= 11 is 0. The molecule has 0 fully saturated rings. The van der Waals surface area contributed by atoms with Crippen LogP contribution in [-0.2, 0) is 14.3 Å². The summed E-state index contributed by atoms with van der Waals surface area (Å²) in [4.78, 5) is 14.0. The van der Waals surface area contributed by atoms with Crippen molar-refractivity contribution >= 4 is 5.97 Å². The highest BCUT2D eigenvalue weighted by molar-refractivity contribution is 5.87. The molecule has 0 rings (SSSR count). The number of ether oxygens (including phenoxy) is 2. The third kappa shape index (κ3) is 6.56. The molecule has 0 aliphatic carbocycles. The van der Waals surface area contributed by atoms with Crippen molar-refractivity contribution in [2.45, 2.75) is 51.9 Å². The minimum atomic E-state index is -1.01. The number of esters is 1. The highest BCUT2D eigenvalue weighted by Gasteiger charge is 2.21. The lowest BCUT2D eigenvalue weighted by molar-refractivity contribution is -0.136. The Morgan fingerprint density at radius 1 is 1.45 bits per heavy atom. The summed E-state index contributed by atoms with van der Waals surface area (Å²) in [6.07, 6.45) is 1.30. The maximum atomic E-state index is 11.4. The van der Waals surface area contributed by atoms with Gasteiger partial charge in [-0.1, -0.05) is 19.0 Å². The van der Waals surface area contributed by atoms with E-state index in [1.54, 1.807) is 6.92 Å². The zero-order chi connectivity index (χ0) is 15.5. The van der Waals surface area contributed by atoms with Crippen LogP contribution in [0.2, 0.25) is 0 Å². The molecule has 0 heterocycles. The van der Waals surface area contributed by atoms with Crippen LogP contribution in [-0.4, -0.2) is 43.0 Å². The first-order chi connectivity index (χ1) is 9.49. The second-order valence-corrected chi connectivity index (χ2v) is 4.36. The third-order valence-electron chi connectivity index (χ3n) is 2.89. The molecule has 0 aromatic heterocycles. The molecule has 0 spiro atoms. The van der Waals surface area contributed by atoms with Gasteiger partial charge < -0.3 is 14.6 Å². The van der Waals surface area contributed by atoms with Gasteiger partial charge in [0.25, 0.3) is 0 Å². The number of azide groups is 1. The summed E-state index contributed by atoms with van der Waals surface area (Å²) in [7, 11) is 1.28. The van der Waals surface area contributed by atoms with Gasteiger partial charge in [-0.15, -0.1) is 0 Å². The normalized spacial score (nSPS) is 14.6. The van der Waals surface area contributed by atoms with Crippen molar-refractivity contribution in [3.05, 3.63) is 22.1 Å². The van der Waals surface area contributed by atoms with Gasteiger partial charge in [0.1, 0.15) is 6.10 Å². The second-order valence-electron chi connectivity index (χ2n) is 4.36. The molecule has 0 bridgehead atoms. The number of aliphatic hydroxyl groups excluding tert-OH is 1. The Morgan fingerprint density at radius 3 is 2.50 bits per heavy atom. The average molecular weight is 285 g/mol. The minimum absolute atomic E-state index is 0.0394. The van der Waals surface area contributed by atoms with Crippen molar-refractivity contribution < 1.29 is 19.4 Å². The first-order valence-electron chi connectivity index (χ1n) is 6.61. The van der Waals surface area contributed by atoms with E-state index in [-0.39, 0.29) is 12.6 Å². The molecule has 7 heteroatoms. The number of hydrogen-bond donors (Lipinski definition) is 1. The standard InChI is InChI=1S/C13H23N3O4/c1-5-10(6-2)20-12(11(17)8-15-16-14)7-9(3)13(18)19-4/h7,10-12,17H,5-6,8H2,1-4H3/b9-7+/t11-,12-/m0/s1. The summed E-state index contributed by atoms with van der Waals surface area (Å²) < 4.78 is 10.4. The van der Waals surface area contributed by atoms with Crippen LogP contribution in [0, 0.1) is 0 Å². The summed E-state index contributed by atoms with van der Waals surface area (Å²) in [5.41, 5.74) is 8.63. The molecule has 0 unspecified atom stereocenters. The zero-order valence-electron chi connectivity index (χ0n) is 12.4. The summed E-state index contributed by atoms with van der Waals surface area (Å²) in [6.45, 7) is 5.41. The lowest BCUT2D eigenvalue weighted by Gasteiger charge is -2.25. The van der Waals surface area contributed by atoms with Crippen LogP contribution in [0.5, 0.6) is 0 Å². The summed E-state index contributed by atoms with van der Waals surface area (Å²) in [5.74, 6) is -0.487. The molecule has 0 saturated heterocycles. The number of nitrogens with zero attached hydrogens (tertiary/aromatic N) is 3. The van der Waals surface area contributed by atoms with Crippen molar-refractivity contribution in [2.75, 3.05) is 13.7 Å². The Balaban J connectivity index is 5.03. The van der Waals surface area contributed by atoms with Crippen LogP contribution < -0.4 is 0 Å². The van der Waals surface area contributed by atoms with Crippen molar-refractivity contribution in [2.24, 2.45) is 5.11 Å². The lowest BCUT2D eigenvalue weighted by atomic mass is 10.1. The van der Waals surface area contributed by atoms with E-state index in [1.807, 2.05) is 13.8 Å². The number of rotatable bonds is 9. The molecule has 20 heavy (non-hydrogen) atoms. The van der Waals surface area contributed by atoms with Gasteiger partial charge in [-0.05, 0) is 31.4 Å². The van der Waals surface area contributed by atoms with Crippen LogP contribution in [0.25, 0.3) is 10.4 Å². The fraction of sp³-hybridized carbons (Fsp3) is 0.769. The minimum Gasteiger partial charge on any atom is -0.466 e. The smallest absolute Gasteiger partial charge is 0.333 e. The molecular weight excluding hydrogens is 262 g/mol. The molecule has 0 radical (unpaired) electrons. The Morgan fingerprint density at radius 2 is 2.05 bits per heavy atom. The molecule has 0 aliphatic heterocycles. The van der Waals surface area contributed by atoms with Gasteiger partial charge in [-0.25, -0.2) is 4.79 Å². The Hall–Kier alpha value is -1.56. The number of carbonyl (C=O) groups excluding carboxylic acids is 1. The van der Waals surface area contributed by atoms with Crippen LogP contribution in [0.1, 0.15) is 33.6 Å². The predicted molar refractivity (Wildman–Crippen MR) is 75.0 cm³/mol. The number of carbonyl (C=O) groups is 1. The Kier molecular flexibility index (Phi) is 9.45. The molecular formula is C13H23N3O4. The molecule has 0 aromatic rings. The van der Waals surface area contributed by atoms with E-state index in [9.17, 15) is 9.90 Å². The van der Waals surface area contributed by atoms with Crippen LogP contribution in [0.4, 0.5) is 0 Å². The Bertz CT molecular complexity index is 374. The van der Waals surface area contributed by atoms with E-state index in [1.165, 1.54) is 13.2 Å². The maximum Gasteiger partial charge on any atom is 0.333 e. The predicted octanol–water partition coefficient (Wildman–Crippen LogP) is 2.35. The van der Waals surface area contributed by atoms with E-state index < -0.39 is 18.2 Å². The highest BCUT2D eigenvalue weighted by atomic mass is 16.5. The van der Waals surface area contributed by atoms with Gasteiger partial charge in [0.05, 0.1) is 25.9 Å². The molecule has 1 N–H and O–H groups in total. The van der Waals surface area contributed by atoms with Crippen molar-refractivity contribution in [3.63, 3.8) is 0 Å². The fourth-order valence-corrected chi connectivity index (χ4v) is 1.64. The fourth-order valence-electron chi connectivity index (χ4n) is 1.64. The highest BCUT2D eigenvalue weighted by Crippen LogP contribution is 2.14. The summed E-state index contributed by atoms with van der Waals surface area (Å²) in [5, 5.41) is 13.3. The van der Waals surface area contributed by atoms with Gasteiger partial charge in [0, 0.05) is 10.5 Å². The Labute approximate surface area is 119 Å². The molecule has 2 atom stereocenters. The van der Waals surface area contributed by atoms with E-state index in [4.69, 9.17) is 10.3 Å². The first kappa shape index (κ1) is 18.4. The molecule has 0 aromatic carbocycles. The van der Waals surface area contributed by atoms with Crippen LogP contribution in [0.15, 0.2) is 16.8 Å². The average Bonchev–Trinajstić information content (AvgIpc) is 2.47. The number of hydrogen-bond acceptors (Lipinski definition) is 5. The molecule has 0 aliphatic rings. The first-order valence-corrected chi connectivity index (χ1v) is 6.61. The van der Waals surface area contributed by atoms with Crippen molar-refractivity contribution in [3.8, 4) is 0 Å². The van der Waals surface area contributed by atoms with Gasteiger partial charge >= 0.3 is 5.97 Å². The van der Waals surface area contributed by atoms with Crippen LogP contribution >= 0.6 is 0 Å². The van der Waals surface area contributed by atoms with Gasteiger partial charge in [0.15, 0.2) is 0 Å². The topological polar surface area (TPSA) is 105 Å². The van der Waals surface area contributed by atoms with E-state index >= 15 is 0 Å². The monoisotopic (exact) mass is 285 g/mol. The number of aliphatic hydroxyl groups is 1. The third-order valence-corrected chi connectivity index (χ3v) is 2.89. The molecule has 114 valence electrons. The molecule has 0 saturated carbocycles. The largest absolute Gasteiger partial charge is 0.466 e. The van der Waals surface area contributed by atoms with E-state index in [0.717, 1.165) is 12.8 Å². The van der Waals surface area contributed by atoms with E-state index in [2.05, 4.69) is 14.8 Å². The zero-order valence-corrected chi connectivity index (χ0v) is 12.4. The van der Waals surface area contributed by atoms with Crippen molar-refractivity contribution in [1.29, 1.82) is 0 Å². The second kappa shape index (κ2) is 10.3. The summed E-state index contributed by atoms with van der Waals surface area (Å²) in [6, 6.07) is 0. The maximum absolute atomic E-state index is 11.4. The number of methoxy groups -OCH3 is 1. The van der Waals surface area contributed by atoms with E-state index in [0.29, 0.717) is 5.57 Å². The molecule has 0 amide bonds. The SMILES string of the molecule is CCC(CC)O[C@@H](/C=C(\C)C(=O)OC)[C@@H](O)CN=[N+]=[N-]. The molecule has 7 nitrogen and oxygen atoms in total. The quantitative estimate of drug-likeness (QED) is 0.231. The van der Waals surface area contributed by atoms with Crippen LogP contribution in [0.3, 0.4) is 0 Å². The van der Waals surface area contributed by atoms with Gasteiger partial charge in [0.2, 0.25) is 0 Å². The van der Waals surface area contributed by atoms with Crippen molar-refractivity contribution in [1.82, 2.24) is 0 Å². The van der Waals surface area contributed by atoms with Gasteiger partial charge in [-0.3, -0.25) is 0 Å². The lowest BCUT2D eigenvalue weighted by Crippen LogP contribution is -2.33.